The predicted octanol–water partition coefficient (Wildman–Crippen LogP) is 11.4. The Bertz CT molecular complexity index is 2470. The molecule has 298 valence electrons. The fourth-order valence-electron chi connectivity index (χ4n) is 7.55. The zero-order chi connectivity index (χ0) is 40.6. The van der Waals surface area contributed by atoms with Crippen LogP contribution in [-0.4, -0.2) is 35.7 Å². The van der Waals surface area contributed by atoms with Gasteiger partial charge in [-0.05, 0) is 113 Å². The first-order valence-corrected chi connectivity index (χ1v) is 20.1. The number of nitrogens with zero attached hydrogens (tertiary/aromatic N) is 1. The molecule has 1 aliphatic heterocycles. The van der Waals surface area contributed by atoms with Crippen LogP contribution in [0, 0.1) is 0 Å². The van der Waals surface area contributed by atoms with E-state index in [2.05, 4.69) is 102 Å². The lowest BCUT2D eigenvalue weighted by Crippen LogP contribution is -2.38. The molecule has 0 spiro atoms. The molecule has 1 aliphatic rings. The van der Waals surface area contributed by atoms with Gasteiger partial charge in [0.15, 0.2) is 6.29 Å². The summed E-state index contributed by atoms with van der Waals surface area (Å²) in [6, 6.07) is 56.4. The second-order valence-corrected chi connectivity index (χ2v) is 15.1. The second kappa shape index (κ2) is 18.5. The molecular weight excluding hydrogens is 735 g/mol. The van der Waals surface area contributed by atoms with Gasteiger partial charge in [-0.25, -0.2) is 4.79 Å². The van der Waals surface area contributed by atoms with Gasteiger partial charge in [-0.3, -0.25) is 4.90 Å². The van der Waals surface area contributed by atoms with Crippen LogP contribution in [0.5, 0.6) is 11.5 Å². The van der Waals surface area contributed by atoms with Crippen LogP contribution in [0.15, 0.2) is 170 Å². The van der Waals surface area contributed by atoms with Crippen molar-refractivity contribution >= 4 is 22.5 Å². The zero-order valence-electron chi connectivity index (χ0n) is 33.3. The van der Waals surface area contributed by atoms with Crippen LogP contribution in [0.1, 0.15) is 59.6 Å². The average Bonchev–Trinajstić information content (AvgIpc) is 3.29. The number of fused-ring (bicyclic) bond motifs is 1. The van der Waals surface area contributed by atoms with Gasteiger partial charge in [-0.1, -0.05) is 115 Å². The normalized spacial score (nSPS) is 17.1. The molecule has 0 unspecified atom stereocenters. The molecule has 59 heavy (non-hydrogen) atoms. The zero-order valence-corrected chi connectivity index (χ0v) is 33.3. The summed E-state index contributed by atoms with van der Waals surface area (Å²) < 4.78 is 19.4. The topological polar surface area (TPSA) is 92.3 Å². The highest BCUT2D eigenvalue weighted by molar-refractivity contribution is 5.89. The number of benzene rings is 7. The SMILES string of the molecule is C[C@H](c1ccc2ccccc2c1)N(C)C[C@@H]1C[C@H](c2ccc(CO)cc2)O[C@H](c2cccc(-c3cccc(CNC(=O)Nc4ccc(Oc5ccccc5)cc4)c3)c2)O1. The molecular formula is C51H49N3O5. The van der Waals surface area contributed by atoms with Crippen molar-refractivity contribution in [1.82, 2.24) is 10.2 Å². The highest BCUT2D eigenvalue weighted by Crippen LogP contribution is 2.40. The summed E-state index contributed by atoms with van der Waals surface area (Å²) >= 11 is 0. The molecule has 3 N–H and O–H groups in total. The first kappa shape index (κ1) is 39.5. The molecule has 8 rings (SSSR count). The van der Waals surface area contributed by atoms with Crippen LogP contribution < -0.4 is 15.4 Å². The predicted molar refractivity (Wildman–Crippen MR) is 234 cm³/mol. The van der Waals surface area contributed by atoms with Gasteiger partial charge >= 0.3 is 6.03 Å². The summed E-state index contributed by atoms with van der Waals surface area (Å²) in [4.78, 5) is 15.2. The van der Waals surface area contributed by atoms with Gasteiger partial charge in [0.05, 0.1) is 18.8 Å². The number of aliphatic hydroxyl groups is 1. The molecule has 1 saturated heterocycles. The minimum absolute atomic E-state index is 0.00461. The minimum Gasteiger partial charge on any atom is -0.457 e. The third-order valence-electron chi connectivity index (χ3n) is 11.0. The lowest BCUT2D eigenvalue weighted by Gasteiger charge is -2.39. The monoisotopic (exact) mass is 783 g/mol. The van der Waals surface area contributed by atoms with Crippen LogP contribution in [0.25, 0.3) is 21.9 Å². The number of nitrogens with one attached hydrogen (secondary N) is 2. The third kappa shape index (κ3) is 10.1. The molecule has 8 heteroatoms. The highest BCUT2D eigenvalue weighted by Gasteiger charge is 2.33. The number of carbonyl (C=O) groups excluding carboxylic acids is 1. The van der Waals surface area contributed by atoms with Crippen LogP contribution in [0.3, 0.4) is 0 Å². The molecule has 4 atom stereocenters. The van der Waals surface area contributed by atoms with Gasteiger partial charge in [-0.15, -0.1) is 0 Å². The standard InChI is InChI=1S/C51H49N3O5/c1-35(40-23-22-38-11-6-7-12-42(38)29-40)54(2)33-48-31-49(39-20-18-36(34-55)19-21-39)59-50(58-48)44-15-9-14-43(30-44)41-13-8-10-37(28-41)32-52-51(56)53-45-24-26-47(27-25-45)57-46-16-4-3-5-17-46/h3-30,35,48-50,55H,31-34H2,1-2H3,(H2,52,53,56)/t35-,48+,49-,50-/m1/s1. The summed E-state index contributed by atoms with van der Waals surface area (Å²) in [5, 5.41) is 18.0. The van der Waals surface area contributed by atoms with Crippen molar-refractivity contribution in [1.29, 1.82) is 0 Å². The summed E-state index contributed by atoms with van der Waals surface area (Å²) in [7, 11) is 2.16. The van der Waals surface area contributed by atoms with Crippen molar-refractivity contribution in [2.24, 2.45) is 0 Å². The van der Waals surface area contributed by atoms with Gasteiger partial charge in [0, 0.05) is 36.8 Å². The van der Waals surface area contributed by atoms with Crippen molar-refractivity contribution < 1.29 is 24.1 Å². The maximum atomic E-state index is 12.9. The quantitative estimate of drug-likeness (QED) is 0.108. The largest absolute Gasteiger partial charge is 0.457 e. The van der Waals surface area contributed by atoms with Crippen molar-refractivity contribution in [2.75, 3.05) is 18.9 Å². The number of rotatable bonds is 13. The second-order valence-electron chi connectivity index (χ2n) is 15.1. The van der Waals surface area contributed by atoms with E-state index in [0.717, 1.165) is 45.7 Å². The number of aliphatic hydroxyl groups excluding tert-OH is 1. The summed E-state index contributed by atoms with van der Waals surface area (Å²) in [6.45, 7) is 3.31. The van der Waals surface area contributed by atoms with Crippen LogP contribution >= 0.6 is 0 Å². The van der Waals surface area contributed by atoms with Crippen LogP contribution in [-0.2, 0) is 22.6 Å². The summed E-state index contributed by atoms with van der Waals surface area (Å²) in [5.74, 6) is 1.44. The fraction of sp³-hybridized carbons (Fsp3) is 0.196. The number of amides is 2. The maximum Gasteiger partial charge on any atom is 0.319 e. The Kier molecular flexibility index (Phi) is 12.4. The first-order valence-electron chi connectivity index (χ1n) is 20.1. The number of likely N-dealkylation sites (N-methyl/N-ethyl adjacent to an activating group) is 1. The number of para-hydroxylation sites is 1. The Balaban J connectivity index is 0.938. The fourth-order valence-corrected chi connectivity index (χ4v) is 7.55. The number of hydrogen-bond acceptors (Lipinski definition) is 6. The first-order chi connectivity index (χ1) is 28.9. The van der Waals surface area contributed by atoms with Gasteiger partial charge in [0.25, 0.3) is 0 Å². The number of urea groups is 1. The molecule has 7 aromatic carbocycles. The van der Waals surface area contributed by atoms with E-state index in [4.69, 9.17) is 14.2 Å². The Morgan fingerprint density at radius 3 is 2.20 bits per heavy atom. The van der Waals surface area contributed by atoms with E-state index in [1.807, 2.05) is 97.1 Å². The summed E-state index contributed by atoms with van der Waals surface area (Å²) in [5.41, 5.74) is 7.78. The molecule has 2 amide bonds. The number of anilines is 1. The molecule has 0 bridgehead atoms. The Morgan fingerprint density at radius 2 is 1.42 bits per heavy atom. The molecule has 1 fully saturated rings. The van der Waals surface area contributed by atoms with E-state index >= 15 is 0 Å². The third-order valence-corrected chi connectivity index (χ3v) is 11.0. The van der Waals surface area contributed by atoms with Crippen molar-refractivity contribution in [3.8, 4) is 22.6 Å². The van der Waals surface area contributed by atoms with E-state index < -0.39 is 6.29 Å². The Hall–Kier alpha value is -6.29. The molecule has 7 aromatic rings. The molecule has 0 radical (unpaired) electrons. The molecule has 0 aromatic heterocycles. The van der Waals surface area contributed by atoms with Crippen molar-refractivity contribution in [3.05, 3.63) is 198 Å². The van der Waals surface area contributed by atoms with E-state index in [-0.39, 0.29) is 30.9 Å². The van der Waals surface area contributed by atoms with E-state index in [1.54, 1.807) is 0 Å². The Morgan fingerprint density at radius 1 is 0.712 bits per heavy atom. The molecule has 1 heterocycles. The number of ether oxygens (including phenoxy) is 3. The number of carbonyl (C=O) groups is 1. The van der Waals surface area contributed by atoms with E-state index in [0.29, 0.717) is 24.4 Å². The molecule has 0 aliphatic carbocycles. The Labute approximate surface area is 346 Å². The van der Waals surface area contributed by atoms with Crippen molar-refractivity contribution in [3.63, 3.8) is 0 Å². The van der Waals surface area contributed by atoms with Crippen molar-refractivity contribution in [2.45, 2.75) is 51.0 Å². The van der Waals surface area contributed by atoms with Crippen LogP contribution in [0.2, 0.25) is 0 Å². The molecule has 0 saturated carbocycles. The van der Waals surface area contributed by atoms with Gasteiger partial charge < -0.3 is 30.0 Å². The average molecular weight is 784 g/mol. The smallest absolute Gasteiger partial charge is 0.319 e. The van der Waals surface area contributed by atoms with Gasteiger partial charge in [0.2, 0.25) is 0 Å². The van der Waals surface area contributed by atoms with E-state index in [1.165, 1.54) is 16.3 Å². The minimum atomic E-state index is -0.590. The maximum absolute atomic E-state index is 12.9. The van der Waals surface area contributed by atoms with E-state index in [9.17, 15) is 9.90 Å². The van der Waals surface area contributed by atoms with Gasteiger partial charge in [0.1, 0.15) is 11.5 Å². The summed E-state index contributed by atoms with van der Waals surface area (Å²) in [6.07, 6.45) is -0.192. The number of hydrogen-bond donors (Lipinski definition) is 3. The lowest BCUT2D eigenvalue weighted by atomic mass is 9.97. The highest BCUT2D eigenvalue weighted by atomic mass is 16.7. The molecule has 8 nitrogen and oxygen atoms in total. The lowest BCUT2D eigenvalue weighted by molar-refractivity contribution is -0.253. The van der Waals surface area contributed by atoms with Gasteiger partial charge in [-0.2, -0.15) is 0 Å². The van der Waals surface area contributed by atoms with Crippen LogP contribution in [0.4, 0.5) is 10.5 Å².